The lowest BCUT2D eigenvalue weighted by Crippen LogP contribution is -2.37. The quantitative estimate of drug-likeness (QED) is 0.738. The standard InChI is InChI=1S/C15H12F4N4O/c1-8-12(23-7-22(2)14(21-23)15(17,18)19)5-9-3-11(16)4-10(6-20)13(9)24-8/h3-5,8H,7H2,1-2H3. The number of rotatable bonds is 1. The van der Waals surface area contributed by atoms with E-state index in [1.165, 1.54) is 13.1 Å². The minimum atomic E-state index is -4.57. The molecule has 9 heteroatoms. The highest BCUT2D eigenvalue weighted by molar-refractivity contribution is 5.88. The van der Waals surface area contributed by atoms with E-state index in [4.69, 9.17) is 10.00 Å². The number of amidine groups is 1. The summed E-state index contributed by atoms with van der Waals surface area (Å²) in [4.78, 5) is 0.968. The van der Waals surface area contributed by atoms with Crippen LogP contribution < -0.4 is 4.74 Å². The molecule has 0 amide bonds. The van der Waals surface area contributed by atoms with Gasteiger partial charge in [0.2, 0.25) is 5.84 Å². The number of benzene rings is 1. The van der Waals surface area contributed by atoms with Crippen LogP contribution in [0.15, 0.2) is 22.9 Å². The SMILES string of the molecule is CC1Oc2c(C#N)cc(F)cc2C=C1N1CN(C)C(C(F)(F)F)=N1. The molecule has 0 saturated carbocycles. The normalized spacial score (nSPS) is 20.1. The van der Waals surface area contributed by atoms with Crippen LogP contribution in [0, 0.1) is 17.1 Å². The second-order valence-corrected chi connectivity index (χ2v) is 5.47. The molecule has 2 aliphatic rings. The van der Waals surface area contributed by atoms with Gasteiger partial charge >= 0.3 is 6.18 Å². The van der Waals surface area contributed by atoms with Gasteiger partial charge in [-0.25, -0.2) is 9.40 Å². The summed E-state index contributed by atoms with van der Waals surface area (Å²) in [6.45, 7) is 1.52. The molecule has 1 atom stereocenters. The molecular weight excluding hydrogens is 328 g/mol. The Kier molecular flexibility index (Phi) is 3.63. The molecule has 0 aliphatic carbocycles. The first-order valence-electron chi connectivity index (χ1n) is 6.97. The van der Waals surface area contributed by atoms with Crippen LogP contribution in [0.5, 0.6) is 5.75 Å². The highest BCUT2D eigenvalue weighted by Gasteiger charge is 2.44. The van der Waals surface area contributed by atoms with Gasteiger partial charge < -0.3 is 9.64 Å². The Labute approximate surface area is 135 Å². The van der Waals surface area contributed by atoms with Crippen molar-refractivity contribution in [2.75, 3.05) is 13.7 Å². The molecule has 0 bridgehead atoms. The average Bonchev–Trinajstić information content (AvgIpc) is 2.88. The Morgan fingerprint density at radius 1 is 1.38 bits per heavy atom. The molecule has 0 saturated heterocycles. The summed E-state index contributed by atoms with van der Waals surface area (Å²) in [6, 6.07) is 4.05. The second kappa shape index (κ2) is 5.40. The molecule has 24 heavy (non-hydrogen) atoms. The van der Waals surface area contributed by atoms with Crippen molar-refractivity contribution >= 4 is 11.9 Å². The predicted octanol–water partition coefficient (Wildman–Crippen LogP) is 2.90. The van der Waals surface area contributed by atoms with E-state index in [9.17, 15) is 17.6 Å². The molecule has 126 valence electrons. The van der Waals surface area contributed by atoms with E-state index >= 15 is 0 Å². The van der Waals surface area contributed by atoms with E-state index in [2.05, 4.69) is 5.10 Å². The second-order valence-electron chi connectivity index (χ2n) is 5.47. The number of fused-ring (bicyclic) bond motifs is 1. The largest absolute Gasteiger partial charge is 0.482 e. The van der Waals surface area contributed by atoms with E-state index in [1.54, 1.807) is 6.92 Å². The van der Waals surface area contributed by atoms with Crippen molar-refractivity contribution < 1.29 is 22.3 Å². The van der Waals surface area contributed by atoms with Gasteiger partial charge in [-0.05, 0) is 25.1 Å². The maximum Gasteiger partial charge on any atom is 0.451 e. The van der Waals surface area contributed by atoms with Crippen LogP contribution >= 0.6 is 0 Å². The summed E-state index contributed by atoms with van der Waals surface area (Å²) < 4.78 is 57.9. The van der Waals surface area contributed by atoms with Crippen LogP contribution in [-0.4, -0.2) is 41.7 Å². The fourth-order valence-electron chi connectivity index (χ4n) is 2.64. The molecule has 1 unspecified atom stereocenters. The molecule has 0 aromatic heterocycles. The molecule has 3 rings (SSSR count). The van der Waals surface area contributed by atoms with Crippen LogP contribution in [0.1, 0.15) is 18.1 Å². The number of hydrogen-bond donors (Lipinski definition) is 0. The summed E-state index contributed by atoms with van der Waals surface area (Å²) in [6.07, 6.45) is -3.72. The number of hydrogen-bond acceptors (Lipinski definition) is 5. The third-order valence-corrected chi connectivity index (χ3v) is 3.69. The van der Waals surface area contributed by atoms with E-state index in [0.29, 0.717) is 5.70 Å². The zero-order valence-electron chi connectivity index (χ0n) is 12.7. The molecule has 2 heterocycles. The fourth-order valence-corrected chi connectivity index (χ4v) is 2.64. The van der Waals surface area contributed by atoms with Gasteiger partial charge in [0, 0.05) is 12.6 Å². The third kappa shape index (κ3) is 2.64. The Balaban J connectivity index is 2.03. The number of ether oxygens (including phenoxy) is 1. The third-order valence-electron chi connectivity index (χ3n) is 3.69. The summed E-state index contributed by atoms with van der Waals surface area (Å²) >= 11 is 0. The number of halogens is 4. The van der Waals surface area contributed by atoms with Crippen LogP contribution in [0.2, 0.25) is 0 Å². The molecule has 0 N–H and O–H groups in total. The highest BCUT2D eigenvalue weighted by Crippen LogP contribution is 2.36. The van der Waals surface area contributed by atoms with Crippen molar-refractivity contribution in [3.05, 3.63) is 34.8 Å². The summed E-state index contributed by atoms with van der Waals surface area (Å²) in [5.41, 5.74) is 0.672. The maximum absolute atomic E-state index is 13.6. The first kappa shape index (κ1) is 16.1. The zero-order chi connectivity index (χ0) is 17.6. The molecule has 2 aliphatic heterocycles. The van der Waals surface area contributed by atoms with Gasteiger partial charge in [0.15, 0.2) is 0 Å². The monoisotopic (exact) mass is 340 g/mol. The smallest absolute Gasteiger partial charge is 0.451 e. The van der Waals surface area contributed by atoms with Gasteiger partial charge in [-0.1, -0.05) is 0 Å². The number of nitriles is 1. The Bertz CT molecular complexity index is 794. The maximum atomic E-state index is 13.6. The van der Waals surface area contributed by atoms with Crippen molar-refractivity contribution in [3.8, 4) is 11.8 Å². The minimum absolute atomic E-state index is 0.0326. The first-order chi connectivity index (χ1) is 11.2. The van der Waals surface area contributed by atoms with Crippen molar-refractivity contribution in [3.63, 3.8) is 0 Å². The number of alkyl halides is 3. The Morgan fingerprint density at radius 2 is 2.08 bits per heavy atom. The molecule has 0 fully saturated rings. The van der Waals surface area contributed by atoms with E-state index in [1.807, 2.05) is 6.07 Å². The predicted molar refractivity (Wildman–Crippen MR) is 77.1 cm³/mol. The molecule has 1 aromatic rings. The van der Waals surface area contributed by atoms with E-state index in [-0.39, 0.29) is 23.5 Å². The van der Waals surface area contributed by atoms with Gasteiger partial charge in [-0.3, -0.25) is 0 Å². The Hall–Kier alpha value is -2.76. The molecule has 1 aromatic carbocycles. The lowest BCUT2D eigenvalue weighted by Gasteiger charge is -2.29. The van der Waals surface area contributed by atoms with Gasteiger partial charge in [0.25, 0.3) is 0 Å². The molecular formula is C15H12F4N4O. The highest BCUT2D eigenvalue weighted by atomic mass is 19.4. The first-order valence-corrected chi connectivity index (χ1v) is 6.97. The van der Waals surface area contributed by atoms with Gasteiger partial charge in [0.1, 0.15) is 30.4 Å². The van der Waals surface area contributed by atoms with Crippen molar-refractivity contribution in [2.45, 2.75) is 19.2 Å². The number of nitrogens with zero attached hydrogens (tertiary/aromatic N) is 4. The van der Waals surface area contributed by atoms with E-state index in [0.717, 1.165) is 22.0 Å². The average molecular weight is 340 g/mol. The minimum Gasteiger partial charge on any atom is -0.482 e. The topological polar surface area (TPSA) is 51.9 Å². The lowest BCUT2D eigenvalue weighted by atomic mass is 10.0. The van der Waals surface area contributed by atoms with Crippen LogP contribution in [-0.2, 0) is 0 Å². The lowest BCUT2D eigenvalue weighted by molar-refractivity contribution is -0.0663. The van der Waals surface area contributed by atoms with E-state index < -0.39 is 23.9 Å². The van der Waals surface area contributed by atoms with Gasteiger partial charge in [-0.2, -0.15) is 18.4 Å². The van der Waals surface area contributed by atoms with Crippen LogP contribution in [0.4, 0.5) is 17.6 Å². The van der Waals surface area contributed by atoms with Gasteiger partial charge in [-0.15, -0.1) is 5.10 Å². The van der Waals surface area contributed by atoms with Crippen LogP contribution in [0.3, 0.4) is 0 Å². The summed E-state index contributed by atoms with van der Waals surface area (Å²) in [5.74, 6) is -1.43. The molecule has 0 spiro atoms. The zero-order valence-corrected chi connectivity index (χ0v) is 12.7. The Morgan fingerprint density at radius 3 is 2.67 bits per heavy atom. The van der Waals surface area contributed by atoms with Crippen LogP contribution in [0.25, 0.3) is 6.08 Å². The number of hydrazone groups is 1. The van der Waals surface area contributed by atoms with Crippen molar-refractivity contribution in [1.29, 1.82) is 5.26 Å². The molecule has 5 nitrogen and oxygen atoms in total. The van der Waals surface area contributed by atoms with Gasteiger partial charge in [0.05, 0.1) is 11.3 Å². The fraction of sp³-hybridized carbons (Fsp3) is 0.333. The molecule has 0 radical (unpaired) electrons. The summed E-state index contributed by atoms with van der Waals surface area (Å²) in [5, 5.41) is 13.8. The summed E-state index contributed by atoms with van der Waals surface area (Å²) in [7, 11) is 1.28. The van der Waals surface area contributed by atoms with Crippen molar-refractivity contribution in [2.24, 2.45) is 5.10 Å². The van der Waals surface area contributed by atoms with Crippen molar-refractivity contribution in [1.82, 2.24) is 9.91 Å².